The Morgan fingerprint density at radius 2 is 1.72 bits per heavy atom. The second kappa shape index (κ2) is 8.96. The third kappa shape index (κ3) is 4.88. The summed E-state index contributed by atoms with van der Waals surface area (Å²) in [5.41, 5.74) is 1.51. The van der Waals surface area contributed by atoms with Crippen molar-refractivity contribution in [3.63, 3.8) is 0 Å². The molecule has 0 aliphatic rings. The number of carboxylic acids is 1. The SMILES string of the molecule is O=C(O)COc1ccc(SC(c2ccc(C(F)(F)F)cc2)c2[nH]nc3ccccc23)cc1. The predicted molar refractivity (Wildman–Crippen MR) is 115 cm³/mol. The second-order valence-electron chi connectivity index (χ2n) is 6.93. The first kappa shape index (κ1) is 21.8. The number of aromatic nitrogens is 2. The largest absolute Gasteiger partial charge is 0.482 e. The van der Waals surface area contributed by atoms with E-state index >= 15 is 0 Å². The van der Waals surface area contributed by atoms with Gasteiger partial charge in [-0.3, -0.25) is 5.10 Å². The van der Waals surface area contributed by atoms with Crippen molar-refractivity contribution in [3.05, 3.63) is 89.6 Å². The first-order chi connectivity index (χ1) is 15.3. The molecule has 164 valence electrons. The molecule has 2 N–H and O–H groups in total. The Morgan fingerprint density at radius 1 is 1.03 bits per heavy atom. The molecule has 0 radical (unpaired) electrons. The second-order valence-corrected chi connectivity index (χ2v) is 8.10. The van der Waals surface area contributed by atoms with Crippen molar-refractivity contribution in [1.29, 1.82) is 0 Å². The van der Waals surface area contributed by atoms with Gasteiger partial charge in [-0.15, -0.1) is 11.8 Å². The first-order valence-corrected chi connectivity index (χ1v) is 10.4. The molecule has 5 nitrogen and oxygen atoms in total. The summed E-state index contributed by atoms with van der Waals surface area (Å²) >= 11 is 1.44. The summed E-state index contributed by atoms with van der Waals surface area (Å²) in [6.07, 6.45) is -4.41. The summed E-state index contributed by atoms with van der Waals surface area (Å²) < 4.78 is 44.2. The molecule has 0 saturated heterocycles. The number of rotatable bonds is 7. The highest BCUT2D eigenvalue weighted by Gasteiger charge is 2.30. The maximum absolute atomic E-state index is 13.0. The van der Waals surface area contributed by atoms with Crippen LogP contribution in [0, 0.1) is 0 Å². The van der Waals surface area contributed by atoms with Crippen LogP contribution in [0.2, 0.25) is 0 Å². The van der Waals surface area contributed by atoms with Crippen molar-refractivity contribution >= 4 is 28.6 Å². The van der Waals surface area contributed by atoms with Crippen LogP contribution in [0.1, 0.15) is 22.1 Å². The van der Waals surface area contributed by atoms with Gasteiger partial charge in [-0.1, -0.05) is 30.3 Å². The van der Waals surface area contributed by atoms with Crippen LogP contribution in [-0.2, 0) is 11.0 Å². The Labute approximate surface area is 185 Å². The number of alkyl halides is 3. The predicted octanol–water partition coefficient (Wildman–Crippen LogP) is 5.93. The van der Waals surface area contributed by atoms with E-state index in [2.05, 4.69) is 10.2 Å². The Hall–Kier alpha value is -3.46. The van der Waals surface area contributed by atoms with E-state index in [1.807, 2.05) is 24.3 Å². The van der Waals surface area contributed by atoms with Crippen LogP contribution < -0.4 is 4.74 Å². The van der Waals surface area contributed by atoms with E-state index in [1.165, 1.54) is 23.9 Å². The molecule has 1 heterocycles. The van der Waals surface area contributed by atoms with Gasteiger partial charge in [0.1, 0.15) is 5.75 Å². The molecule has 0 fully saturated rings. The van der Waals surface area contributed by atoms with E-state index < -0.39 is 24.3 Å². The van der Waals surface area contributed by atoms with Gasteiger partial charge in [-0.25, -0.2) is 4.79 Å². The zero-order valence-electron chi connectivity index (χ0n) is 16.5. The third-order valence-electron chi connectivity index (χ3n) is 4.73. The van der Waals surface area contributed by atoms with Gasteiger partial charge in [0.25, 0.3) is 0 Å². The number of fused-ring (bicyclic) bond motifs is 1. The lowest BCUT2D eigenvalue weighted by molar-refractivity contribution is -0.139. The number of nitrogens with zero attached hydrogens (tertiary/aromatic N) is 1. The van der Waals surface area contributed by atoms with Gasteiger partial charge in [-0.05, 0) is 48.0 Å². The molecule has 0 saturated carbocycles. The fourth-order valence-corrected chi connectivity index (χ4v) is 4.37. The zero-order chi connectivity index (χ0) is 22.7. The van der Waals surface area contributed by atoms with Crippen molar-refractivity contribution in [2.75, 3.05) is 6.61 Å². The Kier molecular flexibility index (Phi) is 6.09. The standard InChI is InChI=1S/C23H17F3N2O3S/c24-23(25,26)15-7-5-14(6-8-15)22(21-18-3-1-2-4-19(18)27-28-21)32-17-11-9-16(10-12-17)31-13-20(29)30/h1-12,22H,13H2,(H,27,28)(H,29,30). The molecule has 0 amide bonds. The average molecular weight is 458 g/mol. The number of aromatic amines is 1. The first-order valence-electron chi connectivity index (χ1n) is 9.53. The molecule has 0 spiro atoms. The lowest BCUT2D eigenvalue weighted by atomic mass is 10.0. The van der Waals surface area contributed by atoms with Crippen LogP contribution >= 0.6 is 11.8 Å². The summed E-state index contributed by atoms with van der Waals surface area (Å²) in [5, 5.41) is 16.6. The number of nitrogens with one attached hydrogen (secondary N) is 1. The lowest BCUT2D eigenvalue weighted by Crippen LogP contribution is -2.09. The quantitative estimate of drug-likeness (QED) is 0.336. The van der Waals surface area contributed by atoms with E-state index in [9.17, 15) is 18.0 Å². The van der Waals surface area contributed by atoms with Crippen LogP contribution in [0.3, 0.4) is 0 Å². The zero-order valence-corrected chi connectivity index (χ0v) is 17.3. The van der Waals surface area contributed by atoms with Gasteiger partial charge in [-0.2, -0.15) is 18.3 Å². The summed E-state index contributed by atoms with van der Waals surface area (Å²) in [5.74, 6) is -0.660. The van der Waals surface area contributed by atoms with Crippen molar-refractivity contribution in [1.82, 2.24) is 10.2 Å². The topological polar surface area (TPSA) is 75.2 Å². The third-order valence-corrected chi connectivity index (χ3v) is 6.02. The molecule has 4 rings (SSSR count). The molecule has 3 aromatic carbocycles. The summed E-state index contributed by atoms with van der Waals surface area (Å²) in [6, 6.07) is 19.5. The number of aliphatic carboxylic acids is 1. The normalized spacial score (nSPS) is 12.6. The van der Waals surface area contributed by atoms with Crippen LogP contribution in [0.5, 0.6) is 5.75 Å². The molecule has 1 aromatic heterocycles. The maximum Gasteiger partial charge on any atom is 0.416 e. The summed E-state index contributed by atoms with van der Waals surface area (Å²) in [4.78, 5) is 11.5. The monoisotopic (exact) mass is 458 g/mol. The fraction of sp³-hybridized carbons (Fsp3) is 0.130. The minimum Gasteiger partial charge on any atom is -0.482 e. The maximum atomic E-state index is 13.0. The molecule has 1 atom stereocenters. The molecular weight excluding hydrogens is 441 g/mol. The number of carbonyl (C=O) groups is 1. The number of benzene rings is 3. The summed E-state index contributed by atoms with van der Waals surface area (Å²) in [7, 11) is 0. The highest BCUT2D eigenvalue weighted by Crippen LogP contribution is 2.43. The highest BCUT2D eigenvalue weighted by molar-refractivity contribution is 7.99. The minimum absolute atomic E-state index is 0.351. The number of hydrogen-bond donors (Lipinski definition) is 2. The van der Waals surface area contributed by atoms with Gasteiger partial charge in [0, 0.05) is 10.3 Å². The van der Waals surface area contributed by atoms with Crippen LogP contribution in [0.15, 0.2) is 77.7 Å². The van der Waals surface area contributed by atoms with Gasteiger partial charge in [0.05, 0.1) is 22.0 Å². The van der Waals surface area contributed by atoms with E-state index in [0.717, 1.165) is 33.6 Å². The molecule has 0 bridgehead atoms. The van der Waals surface area contributed by atoms with Crippen LogP contribution in [0.4, 0.5) is 13.2 Å². The Bertz CT molecular complexity index is 1220. The van der Waals surface area contributed by atoms with Gasteiger partial charge < -0.3 is 9.84 Å². The van der Waals surface area contributed by atoms with E-state index in [0.29, 0.717) is 11.3 Å². The van der Waals surface area contributed by atoms with Crippen molar-refractivity contribution < 1.29 is 27.8 Å². The molecule has 0 aliphatic carbocycles. The number of H-pyrrole nitrogens is 1. The van der Waals surface area contributed by atoms with Crippen molar-refractivity contribution in [2.45, 2.75) is 16.3 Å². The molecular formula is C23H17F3N2O3S. The number of ether oxygens (including phenoxy) is 1. The lowest BCUT2D eigenvalue weighted by Gasteiger charge is -2.18. The van der Waals surface area contributed by atoms with E-state index in [1.54, 1.807) is 24.3 Å². The molecule has 32 heavy (non-hydrogen) atoms. The molecule has 9 heteroatoms. The average Bonchev–Trinajstić information content (AvgIpc) is 3.20. The smallest absolute Gasteiger partial charge is 0.416 e. The van der Waals surface area contributed by atoms with Crippen LogP contribution in [0.25, 0.3) is 10.9 Å². The number of para-hydroxylation sites is 1. The highest BCUT2D eigenvalue weighted by atomic mass is 32.2. The van der Waals surface area contributed by atoms with Gasteiger partial charge in [0.2, 0.25) is 0 Å². The van der Waals surface area contributed by atoms with Crippen LogP contribution in [-0.4, -0.2) is 27.9 Å². The van der Waals surface area contributed by atoms with Crippen molar-refractivity contribution in [2.24, 2.45) is 0 Å². The van der Waals surface area contributed by atoms with E-state index in [-0.39, 0.29) is 5.25 Å². The number of carboxylic acid groups (broad SMARTS) is 1. The number of hydrogen-bond acceptors (Lipinski definition) is 4. The molecule has 1 unspecified atom stereocenters. The Morgan fingerprint density at radius 3 is 2.38 bits per heavy atom. The molecule has 4 aromatic rings. The van der Waals surface area contributed by atoms with Gasteiger partial charge >= 0.3 is 12.1 Å². The minimum atomic E-state index is -4.41. The Balaban J connectivity index is 1.67. The number of halogens is 3. The number of thioether (sulfide) groups is 1. The van der Waals surface area contributed by atoms with Gasteiger partial charge in [0.15, 0.2) is 6.61 Å². The van der Waals surface area contributed by atoms with E-state index in [4.69, 9.17) is 9.84 Å². The summed E-state index contributed by atoms with van der Waals surface area (Å²) in [6.45, 7) is -0.444. The molecule has 0 aliphatic heterocycles. The van der Waals surface area contributed by atoms with Crippen molar-refractivity contribution in [3.8, 4) is 5.75 Å². The fourth-order valence-electron chi connectivity index (χ4n) is 3.22.